The van der Waals surface area contributed by atoms with E-state index in [9.17, 15) is 14.7 Å². The van der Waals surface area contributed by atoms with E-state index in [0.29, 0.717) is 18.6 Å². The maximum absolute atomic E-state index is 12.5. The van der Waals surface area contributed by atoms with Gasteiger partial charge in [0.05, 0.1) is 5.92 Å². The smallest absolute Gasteiger partial charge is 0.329 e. The van der Waals surface area contributed by atoms with Gasteiger partial charge in [0.1, 0.15) is 17.1 Å². The number of carbonyl (C=O) groups excluding carboxylic acids is 1. The zero-order valence-corrected chi connectivity index (χ0v) is 12.9. The number of aliphatic carboxylic acids is 1. The summed E-state index contributed by atoms with van der Waals surface area (Å²) in [5.41, 5.74) is -0.280. The standard InChI is InChI=1S/C16H23NO4/c1-10-9-13(12(3)21-10)11(2)14(18)17-16(15(19)20)7-5-4-6-8-16/h9,11H,4-8H2,1-3H3,(H,17,18)(H,19,20)/t11-/m1/s1. The zero-order valence-electron chi connectivity index (χ0n) is 12.9. The first kappa shape index (κ1) is 15.6. The van der Waals surface area contributed by atoms with Crippen molar-refractivity contribution in [2.24, 2.45) is 0 Å². The minimum absolute atomic E-state index is 0.247. The third kappa shape index (κ3) is 3.12. The Kier molecular flexibility index (Phi) is 4.40. The number of hydrogen-bond acceptors (Lipinski definition) is 3. The van der Waals surface area contributed by atoms with E-state index in [-0.39, 0.29) is 5.91 Å². The van der Waals surface area contributed by atoms with E-state index >= 15 is 0 Å². The van der Waals surface area contributed by atoms with E-state index in [4.69, 9.17) is 4.42 Å². The van der Waals surface area contributed by atoms with Crippen molar-refractivity contribution < 1.29 is 19.1 Å². The van der Waals surface area contributed by atoms with Gasteiger partial charge in [0.15, 0.2) is 0 Å². The Hall–Kier alpha value is -1.78. The fourth-order valence-electron chi connectivity index (χ4n) is 3.11. The normalized spacial score (nSPS) is 19.0. The molecule has 0 spiro atoms. The average Bonchev–Trinajstić information content (AvgIpc) is 2.77. The number of carboxylic acids is 1. The SMILES string of the molecule is Cc1cc([C@@H](C)C(=O)NC2(C(=O)O)CCCCC2)c(C)o1. The van der Waals surface area contributed by atoms with Gasteiger partial charge in [-0.25, -0.2) is 4.79 Å². The first-order valence-electron chi connectivity index (χ1n) is 7.48. The summed E-state index contributed by atoms with van der Waals surface area (Å²) in [7, 11) is 0. The van der Waals surface area contributed by atoms with Crippen LogP contribution < -0.4 is 5.32 Å². The van der Waals surface area contributed by atoms with Crippen LogP contribution in [0.2, 0.25) is 0 Å². The fourth-order valence-corrected chi connectivity index (χ4v) is 3.11. The third-order valence-corrected chi connectivity index (χ3v) is 4.42. The molecule has 0 aromatic carbocycles. The highest BCUT2D eigenvalue weighted by molar-refractivity contribution is 5.90. The summed E-state index contributed by atoms with van der Waals surface area (Å²) < 4.78 is 5.45. The molecule has 2 rings (SSSR count). The van der Waals surface area contributed by atoms with Gasteiger partial charge in [-0.05, 0) is 39.7 Å². The van der Waals surface area contributed by atoms with Gasteiger partial charge >= 0.3 is 5.97 Å². The summed E-state index contributed by atoms with van der Waals surface area (Å²) in [6, 6.07) is 1.84. The number of carboxylic acid groups (broad SMARTS) is 1. The number of rotatable bonds is 4. The van der Waals surface area contributed by atoms with Gasteiger partial charge in [-0.15, -0.1) is 0 Å². The lowest BCUT2D eigenvalue weighted by Crippen LogP contribution is -2.56. The molecule has 1 fully saturated rings. The van der Waals surface area contributed by atoms with Crippen molar-refractivity contribution in [3.63, 3.8) is 0 Å². The summed E-state index contributed by atoms with van der Waals surface area (Å²) in [5.74, 6) is -0.123. The number of hydrogen-bond donors (Lipinski definition) is 2. The van der Waals surface area contributed by atoms with Crippen LogP contribution in [0.3, 0.4) is 0 Å². The average molecular weight is 293 g/mol. The molecule has 0 aliphatic heterocycles. The van der Waals surface area contributed by atoms with Crippen LogP contribution in [0.1, 0.15) is 62.0 Å². The molecule has 21 heavy (non-hydrogen) atoms. The van der Waals surface area contributed by atoms with E-state index in [2.05, 4.69) is 5.32 Å². The van der Waals surface area contributed by atoms with Crippen LogP contribution in [0.25, 0.3) is 0 Å². The molecule has 1 aliphatic rings. The Morgan fingerprint density at radius 1 is 1.29 bits per heavy atom. The highest BCUT2D eigenvalue weighted by atomic mass is 16.4. The summed E-state index contributed by atoms with van der Waals surface area (Å²) in [6.45, 7) is 5.44. The minimum atomic E-state index is -1.10. The molecule has 0 radical (unpaired) electrons. The van der Waals surface area contributed by atoms with Gasteiger partial charge in [0.25, 0.3) is 0 Å². The molecule has 1 aromatic rings. The second-order valence-electron chi connectivity index (χ2n) is 6.03. The van der Waals surface area contributed by atoms with Gasteiger partial charge in [-0.3, -0.25) is 4.79 Å². The molecule has 2 N–H and O–H groups in total. The van der Waals surface area contributed by atoms with Crippen molar-refractivity contribution in [2.45, 2.75) is 64.3 Å². The van der Waals surface area contributed by atoms with Crippen LogP contribution in [0.5, 0.6) is 0 Å². The number of furan rings is 1. The molecule has 0 bridgehead atoms. The second-order valence-corrected chi connectivity index (χ2v) is 6.03. The molecule has 1 aromatic heterocycles. The topological polar surface area (TPSA) is 79.5 Å². The maximum atomic E-state index is 12.5. The molecular weight excluding hydrogens is 270 g/mol. The first-order chi connectivity index (χ1) is 9.85. The highest BCUT2D eigenvalue weighted by Gasteiger charge is 2.41. The fraction of sp³-hybridized carbons (Fsp3) is 0.625. The van der Waals surface area contributed by atoms with Crippen molar-refractivity contribution >= 4 is 11.9 Å². The lowest BCUT2D eigenvalue weighted by atomic mass is 9.81. The second kappa shape index (κ2) is 5.92. The first-order valence-corrected chi connectivity index (χ1v) is 7.48. The summed E-state index contributed by atoms with van der Waals surface area (Å²) in [5, 5.41) is 12.3. The predicted octanol–water partition coefficient (Wildman–Crippen LogP) is 2.90. The van der Waals surface area contributed by atoms with Gasteiger partial charge < -0.3 is 14.8 Å². The van der Waals surface area contributed by atoms with Crippen molar-refractivity contribution in [3.8, 4) is 0 Å². The van der Waals surface area contributed by atoms with Crippen molar-refractivity contribution in [3.05, 3.63) is 23.2 Å². The van der Waals surface area contributed by atoms with Crippen LogP contribution in [0.4, 0.5) is 0 Å². The molecule has 116 valence electrons. The molecule has 1 amide bonds. The number of aryl methyl sites for hydroxylation is 2. The van der Waals surface area contributed by atoms with E-state index in [1.54, 1.807) is 6.92 Å². The van der Waals surface area contributed by atoms with Crippen LogP contribution in [0, 0.1) is 13.8 Å². The van der Waals surface area contributed by atoms with Gasteiger partial charge in [0.2, 0.25) is 5.91 Å². The van der Waals surface area contributed by atoms with Crippen LogP contribution in [-0.4, -0.2) is 22.5 Å². The van der Waals surface area contributed by atoms with Gasteiger partial charge in [0, 0.05) is 5.56 Å². The summed E-state index contributed by atoms with van der Waals surface area (Å²) >= 11 is 0. The van der Waals surface area contributed by atoms with Crippen molar-refractivity contribution in [1.82, 2.24) is 5.32 Å². The van der Waals surface area contributed by atoms with Crippen LogP contribution in [0.15, 0.2) is 10.5 Å². The van der Waals surface area contributed by atoms with E-state index < -0.39 is 17.4 Å². The number of amides is 1. The minimum Gasteiger partial charge on any atom is -0.480 e. The molecule has 5 heteroatoms. The highest BCUT2D eigenvalue weighted by Crippen LogP contribution is 2.30. The lowest BCUT2D eigenvalue weighted by molar-refractivity contribution is -0.149. The molecule has 0 saturated heterocycles. The molecule has 1 heterocycles. The van der Waals surface area contributed by atoms with E-state index in [1.807, 2.05) is 19.9 Å². The zero-order chi connectivity index (χ0) is 15.6. The molecule has 5 nitrogen and oxygen atoms in total. The molecule has 1 aliphatic carbocycles. The van der Waals surface area contributed by atoms with Gasteiger partial charge in [-0.2, -0.15) is 0 Å². The van der Waals surface area contributed by atoms with Crippen LogP contribution >= 0.6 is 0 Å². The number of nitrogens with one attached hydrogen (secondary N) is 1. The predicted molar refractivity (Wildman–Crippen MR) is 78.2 cm³/mol. The molecule has 1 saturated carbocycles. The Morgan fingerprint density at radius 3 is 2.38 bits per heavy atom. The quantitative estimate of drug-likeness (QED) is 0.894. The Balaban J connectivity index is 2.15. The molecule has 0 unspecified atom stereocenters. The van der Waals surface area contributed by atoms with Crippen LogP contribution in [-0.2, 0) is 9.59 Å². The van der Waals surface area contributed by atoms with Gasteiger partial charge in [-0.1, -0.05) is 19.3 Å². The Bertz CT molecular complexity index is 540. The Morgan fingerprint density at radius 2 is 1.90 bits per heavy atom. The molecular formula is C16H23NO4. The van der Waals surface area contributed by atoms with Crippen molar-refractivity contribution in [2.75, 3.05) is 0 Å². The largest absolute Gasteiger partial charge is 0.480 e. The Labute approximate surface area is 124 Å². The van der Waals surface area contributed by atoms with E-state index in [0.717, 1.165) is 30.6 Å². The lowest BCUT2D eigenvalue weighted by Gasteiger charge is -2.34. The summed E-state index contributed by atoms with van der Waals surface area (Å²) in [6.07, 6.45) is 3.71. The third-order valence-electron chi connectivity index (χ3n) is 4.42. The molecule has 1 atom stereocenters. The summed E-state index contributed by atoms with van der Waals surface area (Å²) in [4.78, 5) is 24.1. The monoisotopic (exact) mass is 293 g/mol. The number of carbonyl (C=O) groups is 2. The van der Waals surface area contributed by atoms with E-state index in [1.165, 1.54) is 0 Å². The van der Waals surface area contributed by atoms with Crippen molar-refractivity contribution in [1.29, 1.82) is 0 Å². The maximum Gasteiger partial charge on any atom is 0.329 e.